The van der Waals surface area contributed by atoms with E-state index in [9.17, 15) is 13.2 Å². The summed E-state index contributed by atoms with van der Waals surface area (Å²) in [4.78, 5) is 1.81. The number of alkyl halides is 3. The molecular formula is C21H19F3N2O3S. The van der Waals surface area contributed by atoms with E-state index in [1.807, 2.05) is 4.90 Å². The monoisotopic (exact) mass is 436 g/mol. The van der Waals surface area contributed by atoms with E-state index < -0.39 is 6.36 Å². The first-order chi connectivity index (χ1) is 14.3. The number of ether oxygens (including phenoxy) is 3. The standard InChI is InChI=1S/C21H19F3N2O3S/c1-2-15-6-5-7-16(12-15)28-14-17-13-26(10-11-27-17)20(30)25-18-8-3-4-9-19(18)29-21(22,23)24/h1,3-9,12,17H,10-11,13-14H2,(H,25,30). The Hall–Kier alpha value is -2.96. The molecule has 2 aromatic carbocycles. The van der Waals surface area contributed by atoms with Crippen LogP contribution < -0.4 is 14.8 Å². The number of hydrogen-bond donors (Lipinski definition) is 1. The van der Waals surface area contributed by atoms with Gasteiger partial charge < -0.3 is 24.4 Å². The highest BCUT2D eigenvalue weighted by Crippen LogP contribution is 2.30. The fourth-order valence-electron chi connectivity index (χ4n) is 2.85. The van der Waals surface area contributed by atoms with Crippen molar-refractivity contribution in [3.63, 3.8) is 0 Å². The average molecular weight is 436 g/mol. The molecule has 1 fully saturated rings. The first kappa shape index (κ1) is 21.7. The number of hydrogen-bond acceptors (Lipinski definition) is 4. The zero-order valence-corrected chi connectivity index (χ0v) is 16.6. The van der Waals surface area contributed by atoms with E-state index in [0.717, 1.165) is 0 Å². The quantitative estimate of drug-likeness (QED) is 0.564. The Morgan fingerprint density at radius 2 is 2.07 bits per heavy atom. The molecule has 3 rings (SSSR count). The largest absolute Gasteiger partial charge is 0.573 e. The van der Waals surface area contributed by atoms with Crippen molar-refractivity contribution < 1.29 is 27.4 Å². The molecule has 158 valence electrons. The molecular weight excluding hydrogens is 417 g/mol. The second-order valence-corrected chi connectivity index (χ2v) is 6.78. The molecule has 1 N–H and O–H groups in total. The van der Waals surface area contributed by atoms with Crippen LogP contribution in [0.2, 0.25) is 0 Å². The summed E-state index contributed by atoms with van der Waals surface area (Å²) in [7, 11) is 0. The number of benzene rings is 2. The van der Waals surface area contributed by atoms with Gasteiger partial charge in [-0.15, -0.1) is 19.6 Å². The van der Waals surface area contributed by atoms with Crippen molar-refractivity contribution in [1.29, 1.82) is 0 Å². The lowest BCUT2D eigenvalue weighted by molar-refractivity contribution is -0.274. The lowest BCUT2D eigenvalue weighted by Crippen LogP contribution is -2.49. The van der Waals surface area contributed by atoms with Crippen molar-refractivity contribution in [3.8, 4) is 23.8 Å². The van der Waals surface area contributed by atoms with Crippen molar-refractivity contribution in [2.45, 2.75) is 12.5 Å². The van der Waals surface area contributed by atoms with Crippen LogP contribution in [-0.2, 0) is 4.74 Å². The molecule has 5 nitrogen and oxygen atoms in total. The van der Waals surface area contributed by atoms with Crippen molar-refractivity contribution in [2.75, 3.05) is 31.6 Å². The minimum Gasteiger partial charge on any atom is -0.491 e. The number of anilines is 1. The molecule has 1 aliphatic heterocycles. The van der Waals surface area contributed by atoms with Gasteiger partial charge in [0.15, 0.2) is 10.9 Å². The Bertz CT molecular complexity index is 930. The number of rotatable bonds is 5. The topological polar surface area (TPSA) is 43.0 Å². The summed E-state index contributed by atoms with van der Waals surface area (Å²) in [6.07, 6.45) is 0.324. The summed E-state index contributed by atoms with van der Waals surface area (Å²) < 4.78 is 53.3. The van der Waals surface area contributed by atoms with Gasteiger partial charge in [-0.25, -0.2) is 0 Å². The molecule has 1 aliphatic rings. The molecule has 0 saturated carbocycles. The fourth-order valence-corrected chi connectivity index (χ4v) is 3.12. The molecule has 0 aliphatic carbocycles. The lowest BCUT2D eigenvalue weighted by atomic mass is 10.2. The van der Waals surface area contributed by atoms with Crippen LogP contribution in [0, 0.1) is 12.3 Å². The number of halogens is 3. The maximum Gasteiger partial charge on any atom is 0.573 e. The van der Waals surface area contributed by atoms with Crippen molar-refractivity contribution in [2.24, 2.45) is 0 Å². The van der Waals surface area contributed by atoms with E-state index in [2.05, 4.69) is 16.0 Å². The first-order valence-corrected chi connectivity index (χ1v) is 9.46. The second kappa shape index (κ2) is 9.69. The van der Waals surface area contributed by atoms with Crippen LogP contribution in [0.3, 0.4) is 0 Å². The molecule has 1 atom stereocenters. The van der Waals surface area contributed by atoms with Crippen molar-refractivity contribution in [3.05, 3.63) is 54.1 Å². The SMILES string of the molecule is C#Cc1cccc(OCC2CN(C(=S)Nc3ccccc3OC(F)(F)F)CCO2)c1. The van der Waals surface area contributed by atoms with Gasteiger partial charge in [0.2, 0.25) is 0 Å². The minimum atomic E-state index is -4.79. The molecule has 0 aromatic heterocycles. The van der Waals surface area contributed by atoms with Crippen LogP contribution >= 0.6 is 12.2 Å². The smallest absolute Gasteiger partial charge is 0.491 e. The van der Waals surface area contributed by atoms with E-state index >= 15 is 0 Å². The molecule has 1 unspecified atom stereocenters. The summed E-state index contributed by atoms with van der Waals surface area (Å²) in [6.45, 7) is 1.60. The number of nitrogens with zero attached hydrogens (tertiary/aromatic N) is 1. The van der Waals surface area contributed by atoms with Gasteiger partial charge >= 0.3 is 6.36 Å². The summed E-state index contributed by atoms with van der Waals surface area (Å²) >= 11 is 5.38. The number of nitrogens with one attached hydrogen (secondary N) is 1. The van der Waals surface area contributed by atoms with Gasteiger partial charge in [0.05, 0.1) is 12.3 Å². The maximum absolute atomic E-state index is 12.6. The highest BCUT2D eigenvalue weighted by Gasteiger charge is 2.32. The Labute approximate surface area is 177 Å². The molecule has 1 saturated heterocycles. The molecule has 0 radical (unpaired) electrons. The van der Waals surface area contributed by atoms with Gasteiger partial charge in [-0.05, 0) is 42.5 Å². The number of terminal acetylenes is 1. The average Bonchev–Trinajstić information content (AvgIpc) is 2.73. The lowest BCUT2D eigenvalue weighted by Gasteiger charge is -2.34. The van der Waals surface area contributed by atoms with Crippen LogP contribution in [0.25, 0.3) is 0 Å². The molecule has 1 heterocycles. The maximum atomic E-state index is 12.6. The third kappa shape index (κ3) is 6.27. The summed E-state index contributed by atoms with van der Waals surface area (Å²) in [5.41, 5.74) is 0.842. The van der Waals surface area contributed by atoms with E-state index in [1.165, 1.54) is 18.2 Å². The Kier molecular flexibility index (Phi) is 7.03. The Morgan fingerprint density at radius 3 is 2.83 bits per heavy atom. The second-order valence-electron chi connectivity index (χ2n) is 6.40. The molecule has 0 bridgehead atoms. The highest BCUT2D eigenvalue weighted by atomic mass is 32.1. The van der Waals surface area contributed by atoms with Gasteiger partial charge in [0.25, 0.3) is 0 Å². The van der Waals surface area contributed by atoms with Gasteiger partial charge in [-0.1, -0.05) is 24.1 Å². The predicted molar refractivity (Wildman–Crippen MR) is 111 cm³/mol. The number of para-hydroxylation sites is 2. The molecule has 30 heavy (non-hydrogen) atoms. The highest BCUT2D eigenvalue weighted by molar-refractivity contribution is 7.80. The van der Waals surface area contributed by atoms with Crippen LogP contribution in [0.15, 0.2) is 48.5 Å². The zero-order valence-electron chi connectivity index (χ0n) is 15.8. The zero-order chi connectivity index (χ0) is 21.6. The normalized spacial score (nSPS) is 16.5. The third-order valence-corrected chi connectivity index (χ3v) is 4.58. The van der Waals surface area contributed by atoms with Crippen LogP contribution in [0.1, 0.15) is 5.56 Å². The van der Waals surface area contributed by atoms with E-state index in [1.54, 1.807) is 30.3 Å². The van der Waals surface area contributed by atoms with Crippen LogP contribution in [0.5, 0.6) is 11.5 Å². The van der Waals surface area contributed by atoms with Gasteiger partial charge in [0, 0.05) is 18.7 Å². The first-order valence-electron chi connectivity index (χ1n) is 9.06. The minimum absolute atomic E-state index is 0.130. The van der Waals surface area contributed by atoms with Crippen LogP contribution in [0.4, 0.5) is 18.9 Å². The van der Waals surface area contributed by atoms with Crippen molar-refractivity contribution >= 4 is 23.0 Å². The molecule has 9 heteroatoms. The fraction of sp³-hybridized carbons (Fsp3) is 0.286. The van der Waals surface area contributed by atoms with E-state index in [4.69, 9.17) is 28.1 Å². The predicted octanol–water partition coefficient (Wildman–Crippen LogP) is 4.04. The third-order valence-electron chi connectivity index (χ3n) is 4.22. The number of morpholine rings is 1. The molecule has 0 spiro atoms. The molecule has 2 aromatic rings. The molecule has 0 amide bonds. The van der Waals surface area contributed by atoms with E-state index in [-0.39, 0.29) is 29.3 Å². The van der Waals surface area contributed by atoms with E-state index in [0.29, 0.717) is 31.0 Å². The summed E-state index contributed by atoms with van der Waals surface area (Å²) in [6, 6.07) is 12.9. The number of thiocarbonyl (C=S) groups is 1. The summed E-state index contributed by atoms with van der Waals surface area (Å²) in [5, 5.41) is 3.10. The van der Waals surface area contributed by atoms with Crippen molar-refractivity contribution in [1.82, 2.24) is 4.90 Å². The van der Waals surface area contributed by atoms with Gasteiger partial charge in [-0.3, -0.25) is 0 Å². The van der Waals surface area contributed by atoms with Gasteiger partial charge in [-0.2, -0.15) is 0 Å². The Morgan fingerprint density at radius 1 is 1.27 bits per heavy atom. The van der Waals surface area contributed by atoms with Gasteiger partial charge in [0.1, 0.15) is 18.5 Å². The van der Waals surface area contributed by atoms with Crippen LogP contribution in [-0.4, -0.2) is 48.8 Å². The Balaban J connectivity index is 1.58. The summed E-state index contributed by atoms with van der Waals surface area (Å²) in [5.74, 6) is 2.82.